The van der Waals surface area contributed by atoms with Crippen molar-refractivity contribution >= 4 is 22.4 Å². The van der Waals surface area contributed by atoms with E-state index in [1.807, 2.05) is 55.5 Å². The molecule has 0 bridgehead atoms. The second-order valence-electron chi connectivity index (χ2n) is 7.38. The van der Waals surface area contributed by atoms with Crippen molar-refractivity contribution in [2.24, 2.45) is 0 Å². The molecule has 0 amide bonds. The Morgan fingerprint density at radius 1 is 1.10 bits per heavy atom. The van der Waals surface area contributed by atoms with Gasteiger partial charge in [0, 0.05) is 12.0 Å². The van der Waals surface area contributed by atoms with Crippen LogP contribution in [0.25, 0.3) is 11.0 Å². The third-order valence-corrected chi connectivity index (χ3v) is 5.86. The Balaban J connectivity index is 1.73. The van der Waals surface area contributed by atoms with E-state index in [0.717, 1.165) is 46.6 Å². The van der Waals surface area contributed by atoms with Crippen molar-refractivity contribution in [2.45, 2.75) is 33.1 Å². The maximum absolute atomic E-state index is 13.0. The number of aryl methyl sites for hydroxylation is 1. The number of rotatable bonds is 7. The van der Waals surface area contributed by atoms with E-state index in [1.54, 1.807) is 6.08 Å². The lowest BCUT2D eigenvalue weighted by atomic mass is 10.1. The van der Waals surface area contributed by atoms with Crippen LogP contribution in [-0.4, -0.2) is 21.2 Å². The van der Waals surface area contributed by atoms with Crippen LogP contribution in [-0.2, 0) is 6.42 Å². The molecule has 0 saturated carbocycles. The summed E-state index contributed by atoms with van der Waals surface area (Å²) in [6.07, 6.45) is 4.11. The molecule has 158 valence electrons. The molecular weight excluding hydrogens is 410 g/mol. The van der Waals surface area contributed by atoms with E-state index >= 15 is 0 Å². The largest absolute Gasteiger partial charge is 0.493 e. The predicted molar refractivity (Wildman–Crippen MR) is 123 cm³/mol. The summed E-state index contributed by atoms with van der Waals surface area (Å²) >= 11 is 1.15. The number of ether oxygens (including phenoxy) is 1. The van der Waals surface area contributed by atoms with Gasteiger partial charge in [-0.2, -0.15) is 14.6 Å². The minimum atomic E-state index is -0.406. The topological polar surface area (TPSA) is 73.6 Å². The first kappa shape index (κ1) is 20.9. The van der Waals surface area contributed by atoms with Crippen molar-refractivity contribution in [3.8, 4) is 5.75 Å². The van der Waals surface area contributed by atoms with Gasteiger partial charge in [-0.15, -0.1) is 0 Å². The highest BCUT2D eigenvalue weighted by atomic mass is 32.1. The number of thiazole rings is 1. The van der Waals surface area contributed by atoms with E-state index in [2.05, 4.69) is 17.0 Å². The van der Waals surface area contributed by atoms with Gasteiger partial charge in [-0.05, 0) is 31.1 Å². The van der Waals surface area contributed by atoms with Gasteiger partial charge in [-0.1, -0.05) is 72.7 Å². The number of aromatic nitrogens is 3. The molecule has 2 heterocycles. The molecule has 0 unspecified atom stereocenters. The zero-order chi connectivity index (χ0) is 21.8. The van der Waals surface area contributed by atoms with E-state index < -0.39 is 5.56 Å². The van der Waals surface area contributed by atoms with Gasteiger partial charge in [0.25, 0.3) is 11.1 Å². The second kappa shape index (κ2) is 9.22. The molecule has 0 spiro atoms. The Morgan fingerprint density at radius 3 is 2.65 bits per heavy atom. The molecule has 0 aliphatic carbocycles. The molecule has 0 saturated heterocycles. The van der Waals surface area contributed by atoms with Crippen molar-refractivity contribution in [3.05, 3.63) is 96.2 Å². The van der Waals surface area contributed by atoms with Crippen molar-refractivity contribution < 1.29 is 4.74 Å². The Kier molecular flexibility index (Phi) is 6.23. The van der Waals surface area contributed by atoms with Crippen LogP contribution in [0.5, 0.6) is 5.75 Å². The van der Waals surface area contributed by atoms with Gasteiger partial charge in [0.1, 0.15) is 11.4 Å². The summed E-state index contributed by atoms with van der Waals surface area (Å²) in [5.41, 5.74) is 2.46. The van der Waals surface area contributed by atoms with Gasteiger partial charge in [0.15, 0.2) is 0 Å². The van der Waals surface area contributed by atoms with Crippen LogP contribution in [0.15, 0.2) is 58.1 Å². The molecule has 0 atom stereocenters. The fourth-order valence-electron chi connectivity index (χ4n) is 3.15. The average molecular weight is 434 g/mol. The lowest BCUT2D eigenvalue weighted by Gasteiger charge is -2.07. The van der Waals surface area contributed by atoms with Crippen LogP contribution in [0.2, 0.25) is 0 Å². The first-order chi connectivity index (χ1) is 15.0. The monoisotopic (exact) mass is 433 g/mol. The van der Waals surface area contributed by atoms with E-state index in [1.165, 1.54) is 4.52 Å². The molecule has 6 nitrogen and oxygen atoms in total. The van der Waals surface area contributed by atoms with E-state index in [4.69, 9.17) is 4.74 Å². The molecule has 2 aromatic heterocycles. The summed E-state index contributed by atoms with van der Waals surface area (Å²) in [6, 6.07) is 15.5. The molecule has 31 heavy (non-hydrogen) atoms. The van der Waals surface area contributed by atoms with Gasteiger partial charge in [0.2, 0.25) is 4.96 Å². The molecule has 0 radical (unpaired) electrons. The normalized spacial score (nSPS) is 11.9. The van der Waals surface area contributed by atoms with Crippen LogP contribution in [0.1, 0.15) is 42.1 Å². The zero-order valence-corrected chi connectivity index (χ0v) is 18.3. The zero-order valence-electron chi connectivity index (χ0n) is 17.5. The van der Waals surface area contributed by atoms with Crippen molar-refractivity contribution in [2.75, 3.05) is 6.61 Å². The summed E-state index contributed by atoms with van der Waals surface area (Å²) < 4.78 is 7.54. The van der Waals surface area contributed by atoms with Gasteiger partial charge < -0.3 is 4.74 Å². The second-order valence-corrected chi connectivity index (χ2v) is 8.39. The van der Waals surface area contributed by atoms with Crippen molar-refractivity contribution in [3.63, 3.8) is 0 Å². The summed E-state index contributed by atoms with van der Waals surface area (Å²) in [5, 5.41) is 4.33. The number of unbranched alkanes of at least 4 members (excludes halogenated alkanes) is 1. The Morgan fingerprint density at radius 2 is 1.87 bits per heavy atom. The number of hydrogen-bond donors (Lipinski definition) is 0. The SMILES string of the molecule is CCCCOc1ccccc1/C=c1/sc2nc(=O)c(Cc3ccc(C)cc3)nn2c1=O. The molecule has 0 fully saturated rings. The fraction of sp³-hybridized carbons (Fsp3) is 0.250. The van der Waals surface area contributed by atoms with Crippen LogP contribution < -0.4 is 20.4 Å². The third-order valence-electron chi connectivity index (χ3n) is 4.90. The summed E-state index contributed by atoms with van der Waals surface area (Å²) in [6.45, 7) is 4.74. The lowest BCUT2D eigenvalue weighted by Crippen LogP contribution is -2.28. The predicted octanol–water partition coefficient (Wildman–Crippen LogP) is 3.14. The minimum absolute atomic E-state index is 0.256. The first-order valence-corrected chi connectivity index (χ1v) is 11.1. The highest BCUT2D eigenvalue weighted by Crippen LogP contribution is 2.19. The van der Waals surface area contributed by atoms with E-state index in [9.17, 15) is 9.59 Å². The molecule has 0 aliphatic rings. The maximum atomic E-state index is 13.0. The number of hydrogen-bond acceptors (Lipinski definition) is 6. The lowest BCUT2D eigenvalue weighted by molar-refractivity contribution is 0.309. The van der Waals surface area contributed by atoms with E-state index in [0.29, 0.717) is 22.5 Å². The van der Waals surface area contributed by atoms with E-state index in [-0.39, 0.29) is 11.3 Å². The van der Waals surface area contributed by atoms with Crippen LogP contribution in [0.4, 0.5) is 0 Å². The van der Waals surface area contributed by atoms with Crippen LogP contribution in [0.3, 0.4) is 0 Å². The highest BCUT2D eigenvalue weighted by molar-refractivity contribution is 7.15. The van der Waals surface area contributed by atoms with Gasteiger partial charge in [-0.25, -0.2) is 0 Å². The highest BCUT2D eigenvalue weighted by Gasteiger charge is 2.12. The number of fused-ring (bicyclic) bond motifs is 1. The molecule has 2 aromatic carbocycles. The Bertz CT molecular complexity index is 1370. The molecule has 0 aliphatic heterocycles. The molecule has 0 N–H and O–H groups in total. The summed E-state index contributed by atoms with van der Waals surface area (Å²) in [7, 11) is 0. The van der Waals surface area contributed by atoms with Gasteiger partial charge in [0.05, 0.1) is 11.1 Å². The molecule has 4 rings (SSSR count). The molecular formula is C24H23N3O3S. The minimum Gasteiger partial charge on any atom is -0.493 e. The quantitative estimate of drug-likeness (QED) is 0.419. The molecule has 4 aromatic rings. The number of nitrogens with zero attached hydrogens (tertiary/aromatic N) is 3. The summed E-state index contributed by atoms with van der Waals surface area (Å²) in [5.74, 6) is 0.725. The smallest absolute Gasteiger partial charge is 0.296 e. The summed E-state index contributed by atoms with van der Waals surface area (Å²) in [4.78, 5) is 29.8. The van der Waals surface area contributed by atoms with Crippen LogP contribution in [0, 0.1) is 6.92 Å². The molecule has 7 heteroatoms. The van der Waals surface area contributed by atoms with Gasteiger partial charge in [-0.3, -0.25) is 9.59 Å². The Labute approximate surface area is 183 Å². The van der Waals surface area contributed by atoms with Crippen molar-refractivity contribution in [1.29, 1.82) is 0 Å². The third kappa shape index (κ3) is 4.72. The van der Waals surface area contributed by atoms with Gasteiger partial charge >= 0.3 is 0 Å². The average Bonchev–Trinajstić information content (AvgIpc) is 3.06. The number of benzene rings is 2. The maximum Gasteiger partial charge on any atom is 0.296 e. The standard InChI is InChI=1S/C24H23N3O3S/c1-3-4-13-30-20-8-6-5-7-18(20)15-21-23(29)27-24(31-21)25-22(28)19(26-27)14-17-11-9-16(2)10-12-17/h5-12,15H,3-4,13-14H2,1-2H3/b21-15+. The first-order valence-electron chi connectivity index (χ1n) is 10.3. The fourth-order valence-corrected chi connectivity index (χ4v) is 4.05. The van der Waals surface area contributed by atoms with Crippen molar-refractivity contribution in [1.82, 2.24) is 14.6 Å². The van der Waals surface area contributed by atoms with Crippen LogP contribution >= 0.6 is 11.3 Å². The Hall–Kier alpha value is -3.32. The number of para-hydroxylation sites is 1.